The van der Waals surface area contributed by atoms with Gasteiger partial charge in [0.2, 0.25) is 0 Å². The number of thioether (sulfide) groups is 1. The van der Waals surface area contributed by atoms with Crippen LogP contribution in [0.25, 0.3) is 0 Å². The zero-order chi connectivity index (χ0) is 14.4. The molecule has 0 fully saturated rings. The van der Waals surface area contributed by atoms with Gasteiger partial charge >= 0.3 is 0 Å². The lowest BCUT2D eigenvalue weighted by molar-refractivity contribution is 0.634. The Balaban J connectivity index is 2.10. The van der Waals surface area contributed by atoms with Gasteiger partial charge in [-0.2, -0.15) is 0 Å². The third-order valence-corrected chi connectivity index (χ3v) is 5.34. The zero-order valence-corrected chi connectivity index (χ0v) is 14.0. The second kappa shape index (κ2) is 7.87. The highest BCUT2D eigenvalue weighted by Gasteiger charge is 2.19. The summed E-state index contributed by atoms with van der Waals surface area (Å²) in [7, 11) is 0. The number of nitrogens with two attached hydrogens (primary N) is 1. The van der Waals surface area contributed by atoms with Crippen LogP contribution in [-0.2, 0) is 5.75 Å². The van der Waals surface area contributed by atoms with Gasteiger partial charge in [-0.25, -0.2) is 0 Å². The summed E-state index contributed by atoms with van der Waals surface area (Å²) in [6.07, 6.45) is 0.989. The molecule has 3 heteroatoms. The quantitative estimate of drug-likeness (QED) is 0.779. The molecule has 2 N–H and O–H groups in total. The van der Waals surface area contributed by atoms with Gasteiger partial charge in [0.25, 0.3) is 0 Å². The van der Waals surface area contributed by atoms with Gasteiger partial charge in [0.05, 0.1) is 0 Å². The maximum atomic E-state index is 6.32. The van der Waals surface area contributed by atoms with Crippen molar-refractivity contribution < 1.29 is 0 Å². The Morgan fingerprint density at radius 3 is 2.30 bits per heavy atom. The molecule has 0 radical (unpaired) electrons. The first-order chi connectivity index (χ1) is 9.70. The number of rotatable bonds is 6. The third kappa shape index (κ3) is 4.37. The van der Waals surface area contributed by atoms with Crippen molar-refractivity contribution >= 4 is 27.7 Å². The highest BCUT2D eigenvalue weighted by atomic mass is 79.9. The Hall–Kier alpha value is -0.770. The molecule has 1 nitrogen and oxygen atoms in total. The van der Waals surface area contributed by atoms with Crippen LogP contribution in [0.1, 0.15) is 29.7 Å². The number of halogens is 1. The van der Waals surface area contributed by atoms with Gasteiger partial charge in [-0.1, -0.05) is 65.3 Å². The lowest BCUT2D eigenvalue weighted by Crippen LogP contribution is -2.25. The molecule has 0 aromatic heterocycles. The summed E-state index contributed by atoms with van der Waals surface area (Å²) >= 11 is 5.41. The minimum absolute atomic E-state index is 0.185. The third-order valence-electron chi connectivity index (χ3n) is 3.33. The fourth-order valence-corrected chi connectivity index (χ4v) is 3.71. The van der Waals surface area contributed by atoms with Crippen LogP contribution in [0.2, 0.25) is 0 Å². The van der Waals surface area contributed by atoms with Crippen molar-refractivity contribution in [1.29, 1.82) is 0 Å². The van der Waals surface area contributed by atoms with Crippen LogP contribution in [0.4, 0.5) is 0 Å². The Morgan fingerprint density at radius 1 is 1.05 bits per heavy atom. The summed E-state index contributed by atoms with van der Waals surface area (Å²) in [6, 6.07) is 19.3. The van der Waals surface area contributed by atoms with Crippen molar-refractivity contribution in [3.05, 3.63) is 70.2 Å². The zero-order valence-electron chi connectivity index (χ0n) is 11.6. The second-order valence-corrected chi connectivity index (χ2v) is 6.89. The summed E-state index contributed by atoms with van der Waals surface area (Å²) in [6.45, 7) is 2.15. The molecule has 0 amide bonds. The monoisotopic (exact) mass is 349 g/mol. The molecule has 2 rings (SSSR count). The minimum atomic E-state index is 0.185. The first-order valence-electron chi connectivity index (χ1n) is 6.87. The van der Waals surface area contributed by atoms with E-state index in [1.807, 2.05) is 11.8 Å². The maximum absolute atomic E-state index is 6.32. The summed E-state index contributed by atoms with van der Waals surface area (Å²) in [5.41, 5.74) is 8.98. The predicted octanol–water partition coefficient (Wildman–Crippen LogP) is 5.16. The topological polar surface area (TPSA) is 26.0 Å². The van der Waals surface area contributed by atoms with Crippen molar-refractivity contribution in [3.8, 4) is 0 Å². The lowest BCUT2D eigenvalue weighted by Gasteiger charge is -2.23. The second-order valence-electron chi connectivity index (χ2n) is 4.84. The summed E-state index contributed by atoms with van der Waals surface area (Å²) in [4.78, 5) is 0. The van der Waals surface area contributed by atoms with Gasteiger partial charge in [0.15, 0.2) is 0 Å². The molecule has 0 bridgehead atoms. The van der Waals surface area contributed by atoms with Gasteiger partial charge in [-0.15, -0.1) is 11.8 Å². The van der Waals surface area contributed by atoms with Crippen LogP contribution < -0.4 is 5.73 Å². The summed E-state index contributed by atoms with van der Waals surface area (Å²) in [5.74, 6) is 0.995. The summed E-state index contributed by atoms with van der Waals surface area (Å²) < 4.78 is 1.11. The molecule has 0 heterocycles. The van der Waals surface area contributed by atoms with Crippen LogP contribution in [-0.4, -0.2) is 6.04 Å². The van der Waals surface area contributed by atoms with Gasteiger partial charge in [0.1, 0.15) is 0 Å². The summed E-state index contributed by atoms with van der Waals surface area (Å²) in [5, 5.41) is 0.341. The highest BCUT2D eigenvalue weighted by molar-refractivity contribution is 9.10. The molecule has 2 atom stereocenters. The van der Waals surface area contributed by atoms with E-state index in [-0.39, 0.29) is 6.04 Å². The molecule has 0 aliphatic heterocycles. The van der Waals surface area contributed by atoms with E-state index in [2.05, 4.69) is 77.5 Å². The fraction of sp³-hybridized carbons (Fsp3) is 0.294. The van der Waals surface area contributed by atoms with E-state index in [1.165, 1.54) is 11.1 Å². The van der Waals surface area contributed by atoms with Crippen LogP contribution >= 0.6 is 27.7 Å². The number of hydrogen-bond acceptors (Lipinski definition) is 2. The molecule has 0 aliphatic rings. The van der Waals surface area contributed by atoms with E-state index in [0.717, 1.165) is 16.6 Å². The van der Waals surface area contributed by atoms with E-state index in [9.17, 15) is 0 Å². The molecule has 2 aromatic carbocycles. The minimum Gasteiger partial charge on any atom is -0.326 e. The van der Waals surface area contributed by atoms with Crippen molar-refractivity contribution in [2.45, 2.75) is 30.4 Å². The highest BCUT2D eigenvalue weighted by Crippen LogP contribution is 2.35. The van der Waals surface area contributed by atoms with E-state index < -0.39 is 0 Å². The SMILES string of the molecule is CCC(N)C(SCc1ccccc1)c1ccc(Br)cc1. The predicted molar refractivity (Wildman–Crippen MR) is 92.9 cm³/mol. The largest absolute Gasteiger partial charge is 0.326 e. The molecule has 0 saturated heterocycles. The Morgan fingerprint density at radius 2 is 1.70 bits per heavy atom. The van der Waals surface area contributed by atoms with Crippen LogP contribution in [0.15, 0.2) is 59.1 Å². The average molecular weight is 350 g/mol. The first kappa shape index (κ1) is 15.6. The van der Waals surface area contributed by atoms with Crippen LogP contribution in [0.3, 0.4) is 0 Å². The molecule has 2 unspecified atom stereocenters. The van der Waals surface area contributed by atoms with Crippen molar-refractivity contribution in [3.63, 3.8) is 0 Å². The van der Waals surface area contributed by atoms with Gasteiger partial charge in [-0.3, -0.25) is 0 Å². The normalized spacial score (nSPS) is 13.9. The van der Waals surface area contributed by atoms with Gasteiger partial charge in [0, 0.05) is 21.5 Å². The van der Waals surface area contributed by atoms with E-state index in [4.69, 9.17) is 5.73 Å². The van der Waals surface area contributed by atoms with Crippen molar-refractivity contribution in [1.82, 2.24) is 0 Å². The van der Waals surface area contributed by atoms with E-state index in [1.54, 1.807) is 0 Å². The first-order valence-corrected chi connectivity index (χ1v) is 8.71. The Labute approximate surface area is 134 Å². The smallest absolute Gasteiger partial charge is 0.0451 e. The molecule has 0 saturated carbocycles. The molecule has 20 heavy (non-hydrogen) atoms. The molecular formula is C17H20BrNS. The molecule has 106 valence electrons. The Bertz CT molecular complexity index is 512. The van der Waals surface area contributed by atoms with Gasteiger partial charge < -0.3 is 5.73 Å². The van der Waals surface area contributed by atoms with Crippen LogP contribution in [0.5, 0.6) is 0 Å². The Kier molecular flexibility index (Phi) is 6.14. The van der Waals surface area contributed by atoms with E-state index in [0.29, 0.717) is 5.25 Å². The molecule has 0 spiro atoms. The van der Waals surface area contributed by atoms with Crippen LogP contribution in [0, 0.1) is 0 Å². The number of hydrogen-bond donors (Lipinski definition) is 1. The van der Waals surface area contributed by atoms with E-state index >= 15 is 0 Å². The molecule has 0 aliphatic carbocycles. The lowest BCUT2D eigenvalue weighted by atomic mass is 10.0. The molecule has 2 aromatic rings. The van der Waals surface area contributed by atoms with Crippen molar-refractivity contribution in [2.75, 3.05) is 0 Å². The molecular weight excluding hydrogens is 330 g/mol. The average Bonchev–Trinajstić information content (AvgIpc) is 2.50. The van der Waals surface area contributed by atoms with Crippen molar-refractivity contribution in [2.24, 2.45) is 5.73 Å². The number of benzene rings is 2. The van der Waals surface area contributed by atoms with Gasteiger partial charge in [-0.05, 0) is 29.7 Å². The maximum Gasteiger partial charge on any atom is 0.0451 e. The fourth-order valence-electron chi connectivity index (χ4n) is 2.09. The standard InChI is InChI=1S/C17H20BrNS/c1-2-16(19)17(14-8-10-15(18)11-9-14)20-12-13-6-4-3-5-7-13/h3-11,16-17H,2,12,19H2,1H3.